The highest BCUT2D eigenvalue weighted by atomic mass is 16.5. The molecule has 0 heterocycles. The smallest absolute Gasteiger partial charge is 0.337 e. The van der Waals surface area contributed by atoms with Gasteiger partial charge in [-0.05, 0) is 35.9 Å². The standard InChI is InChI=1S/C19H16N2O5/c1-25-16-8-7-12(10-17(16)26-2)9-13(11-20)18(22)21-15-6-4-3-5-14(15)19(23)24/h3-10H,1-2H3,(H,21,22)(H,23,24)/b13-9+. The highest BCUT2D eigenvalue weighted by Gasteiger charge is 2.15. The number of carbonyl (C=O) groups excluding carboxylic acids is 1. The number of benzene rings is 2. The average molecular weight is 352 g/mol. The molecule has 7 nitrogen and oxygen atoms in total. The summed E-state index contributed by atoms with van der Waals surface area (Å²) in [7, 11) is 2.98. The van der Waals surface area contributed by atoms with Gasteiger partial charge in [-0.2, -0.15) is 5.26 Å². The second-order valence-corrected chi connectivity index (χ2v) is 5.09. The van der Waals surface area contributed by atoms with Crippen molar-refractivity contribution in [3.05, 3.63) is 59.2 Å². The topological polar surface area (TPSA) is 109 Å². The van der Waals surface area contributed by atoms with Crippen molar-refractivity contribution in [2.24, 2.45) is 0 Å². The number of carboxylic acid groups (broad SMARTS) is 1. The van der Waals surface area contributed by atoms with Crippen molar-refractivity contribution in [1.29, 1.82) is 5.26 Å². The fourth-order valence-electron chi connectivity index (χ4n) is 2.23. The molecule has 2 aromatic carbocycles. The number of carbonyl (C=O) groups is 2. The van der Waals surface area contributed by atoms with Gasteiger partial charge < -0.3 is 19.9 Å². The first-order valence-corrected chi connectivity index (χ1v) is 7.47. The van der Waals surface area contributed by atoms with Crippen LogP contribution in [0.15, 0.2) is 48.0 Å². The Morgan fingerprint density at radius 1 is 1.12 bits per heavy atom. The molecule has 0 aliphatic heterocycles. The summed E-state index contributed by atoms with van der Waals surface area (Å²) in [6.07, 6.45) is 1.38. The van der Waals surface area contributed by atoms with Gasteiger partial charge in [0.2, 0.25) is 0 Å². The number of amides is 1. The number of anilines is 1. The number of nitrogens with one attached hydrogen (secondary N) is 1. The minimum absolute atomic E-state index is 0.0655. The van der Waals surface area contributed by atoms with E-state index in [1.54, 1.807) is 30.3 Å². The third-order valence-corrected chi connectivity index (χ3v) is 3.49. The van der Waals surface area contributed by atoms with Crippen LogP contribution in [0.2, 0.25) is 0 Å². The van der Waals surface area contributed by atoms with Crippen molar-refractivity contribution in [3.8, 4) is 17.6 Å². The molecule has 0 aliphatic carbocycles. The summed E-state index contributed by atoms with van der Waals surface area (Å²) in [4.78, 5) is 23.6. The average Bonchev–Trinajstić information content (AvgIpc) is 2.65. The summed E-state index contributed by atoms with van der Waals surface area (Å²) in [5.74, 6) is -0.919. The van der Waals surface area contributed by atoms with Gasteiger partial charge in [-0.25, -0.2) is 4.79 Å². The molecule has 0 radical (unpaired) electrons. The lowest BCUT2D eigenvalue weighted by Crippen LogP contribution is -2.16. The van der Waals surface area contributed by atoms with Crippen LogP contribution in [0.4, 0.5) is 5.69 Å². The Kier molecular flexibility index (Phi) is 5.96. The highest BCUT2D eigenvalue weighted by molar-refractivity contribution is 6.11. The first-order chi connectivity index (χ1) is 12.5. The SMILES string of the molecule is COc1ccc(/C=C(\C#N)C(=O)Nc2ccccc2C(=O)O)cc1OC. The van der Waals surface area contributed by atoms with Crippen LogP contribution in [-0.4, -0.2) is 31.2 Å². The van der Waals surface area contributed by atoms with Gasteiger partial charge in [0.15, 0.2) is 11.5 Å². The number of nitrogens with zero attached hydrogens (tertiary/aromatic N) is 1. The Morgan fingerprint density at radius 2 is 1.81 bits per heavy atom. The third-order valence-electron chi connectivity index (χ3n) is 3.49. The van der Waals surface area contributed by atoms with Gasteiger partial charge in [0, 0.05) is 0 Å². The molecule has 0 spiro atoms. The molecule has 2 aromatic rings. The number of para-hydroxylation sites is 1. The maximum Gasteiger partial charge on any atom is 0.337 e. The first-order valence-electron chi connectivity index (χ1n) is 7.47. The first kappa shape index (κ1) is 18.5. The summed E-state index contributed by atoms with van der Waals surface area (Å²) >= 11 is 0. The number of aromatic carboxylic acids is 1. The van der Waals surface area contributed by atoms with E-state index in [2.05, 4.69) is 5.32 Å². The molecule has 0 bridgehead atoms. The fraction of sp³-hybridized carbons (Fsp3) is 0.105. The van der Waals surface area contributed by atoms with E-state index in [1.807, 2.05) is 6.07 Å². The Balaban J connectivity index is 2.31. The van der Waals surface area contributed by atoms with Crippen molar-refractivity contribution in [2.45, 2.75) is 0 Å². The van der Waals surface area contributed by atoms with E-state index in [-0.39, 0.29) is 16.8 Å². The van der Waals surface area contributed by atoms with Crippen molar-refractivity contribution in [2.75, 3.05) is 19.5 Å². The molecule has 7 heteroatoms. The molecule has 0 saturated carbocycles. The van der Waals surface area contributed by atoms with Crippen LogP contribution in [0.1, 0.15) is 15.9 Å². The van der Waals surface area contributed by atoms with Crippen LogP contribution in [0.3, 0.4) is 0 Å². The van der Waals surface area contributed by atoms with Gasteiger partial charge in [-0.15, -0.1) is 0 Å². The predicted molar refractivity (Wildman–Crippen MR) is 95.2 cm³/mol. The van der Waals surface area contributed by atoms with Crippen LogP contribution in [0.5, 0.6) is 11.5 Å². The Bertz CT molecular complexity index is 912. The van der Waals surface area contributed by atoms with E-state index in [0.717, 1.165) is 0 Å². The van der Waals surface area contributed by atoms with E-state index < -0.39 is 11.9 Å². The Morgan fingerprint density at radius 3 is 2.42 bits per heavy atom. The monoisotopic (exact) mass is 352 g/mol. The zero-order valence-electron chi connectivity index (χ0n) is 14.1. The number of hydrogen-bond acceptors (Lipinski definition) is 5. The lowest BCUT2D eigenvalue weighted by Gasteiger charge is -2.09. The molecule has 132 valence electrons. The lowest BCUT2D eigenvalue weighted by molar-refractivity contribution is -0.112. The minimum Gasteiger partial charge on any atom is -0.493 e. The van der Waals surface area contributed by atoms with E-state index in [4.69, 9.17) is 14.6 Å². The molecule has 0 fully saturated rings. The quantitative estimate of drug-likeness (QED) is 0.611. The molecule has 2 rings (SSSR count). The summed E-state index contributed by atoms with van der Waals surface area (Å²) in [5.41, 5.74) is 0.418. The molecule has 0 aromatic heterocycles. The van der Waals surface area contributed by atoms with E-state index in [1.165, 1.54) is 32.4 Å². The van der Waals surface area contributed by atoms with Crippen molar-refractivity contribution >= 4 is 23.6 Å². The largest absolute Gasteiger partial charge is 0.493 e. The Labute approximate surface area is 150 Å². The van der Waals surface area contributed by atoms with E-state index in [9.17, 15) is 14.9 Å². The van der Waals surface area contributed by atoms with Gasteiger partial charge in [0.05, 0.1) is 25.5 Å². The van der Waals surface area contributed by atoms with Gasteiger partial charge in [-0.3, -0.25) is 4.79 Å². The minimum atomic E-state index is -1.18. The molecular weight excluding hydrogens is 336 g/mol. The molecule has 1 amide bonds. The molecule has 2 N–H and O–H groups in total. The second kappa shape index (κ2) is 8.35. The van der Waals surface area contributed by atoms with Gasteiger partial charge >= 0.3 is 5.97 Å². The van der Waals surface area contributed by atoms with Crippen molar-refractivity contribution in [3.63, 3.8) is 0 Å². The molecule has 0 aliphatic rings. The van der Waals surface area contributed by atoms with Crippen LogP contribution < -0.4 is 14.8 Å². The predicted octanol–water partition coefficient (Wildman–Crippen LogP) is 2.95. The molecular formula is C19H16N2O5. The van der Waals surface area contributed by atoms with Crippen LogP contribution in [0.25, 0.3) is 6.08 Å². The summed E-state index contributed by atoms with van der Waals surface area (Å²) < 4.78 is 10.3. The van der Waals surface area contributed by atoms with Gasteiger partial charge in [-0.1, -0.05) is 18.2 Å². The van der Waals surface area contributed by atoms with Crippen LogP contribution in [0, 0.1) is 11.3 Å². The second-order valence-electron chi connectivity index (χ2n) is 5.09. The number of carboxylic acids is 1. The van der Waals surface area contributed by atoms with Crippen LogP contribution >= 0.6 is 0 Å². The van der Waals surface area contributed by atoms with Crippen molar-refractivity contribution < 1.29 is 24.2 Å². The normalized spacial score (nSPS) is 10.6. The van der Waals surface area contributed by atoms with E-state index in [0.29, 0.717) is 17.1 Å². The number of ether oxygens (including phenoxy) is 2. The van der Waals surface area contributed by atoms with Gasteiger partial charge in [0.1, 0.15) is 11.6 Å². The number of nitriles is 1. The molecule has 0 atom stereocenters. The summed E-state index contributed by atoms with van der Waals surface area (Å²) in [5, 5.41) is 20.9. The summed E-state index contributed by atoms with van der Waals surface area (Å²) in [6.45, 7) is 0. The zero-order chi connectivity index (χ0) is 19.1. The summed E-state index contributed by atoms with van der Waals surface area (Å²) in [6, 6.07) is 12.7. The van der Waals surface area contributed by atoms with Crippen LogP contribution in [-0.2, 0) is 4.79 Å². The maximum absolute atomic E-state index is 12.3. The van der Waals surface area contributed by atoms with E-state index >= 15 is 0 Å². The zero-order valence-corrected chi connectivity index (χ0v) is 14.1. The highest BCUT2D eigenvalue weighted by Crippen LogP contribution is 2.28. The van der Waals surface area contributed by atoms with Gasteiger partial charge in [0.25, 0.3) is 5.91 Å². The number of hydrogen-bond donors (Lipinski definition) is 2. The third kappa shape index (κ3) is 4.19. The molecule has 0 saturated heterocycles. The molecule has 26 heavy (non-hydrogen) atoms. The fourth-order valence-corrected chi connectivity index (χ4v) is 2.23. The number of rotatable bonds is 6. The maximum atomic E-state index is 12.3. The van der Waals surface area contributed by atoms with Crippen molar-refractivity contribution in [1.82, 2.24) is 0 Å². The lowest BCUT2D eigenvalue weighted by atomic mass is 10.1. The number of methoxy groups -OCH3 is 2. The molecule has 0 unspecified atom stereocenters. The Hall–Kier alpha value is -3.79.